The van der Waals surface area contributed by atoms with Crippen LogP contribution in [0.2, 0.25) is 0 Å². The van der Waals surface area contributed by atoms with Crippen LogP contribution in [0.15, 0.2) is 0 Å². The minimum Gasteiger partial charge on any atom is -0.157 e. The summed E-state index contributed by atoms with van der Waals surface area (Å²) in [7, 11) is 0. The molecule has 0 aliphatic rings. The topological polar surface area (TPSA) is 0 Å². The smallest absolute Gasteiger partial charge is 0.0166 e. The zero-order valence-electron chi connectivity index (χ0n) is 26.3. The van der Waals surface area contributed by atoms with Gasteiger partial charge in [-0.2, -0.15) is 11.8 Å². The van der Waals surface area contributed by atoms with Crippen LogP contribution >= 0.6 is 11.8 Å². The second-order valence-corrected chi connectivity index (χ2v) is 13.2. The van der Waals surface area contributed by atoms with Crippen molar-refractivity contribution in [3.8, 4) is 0 Å². The van der Waals surface area contributed by atoms with Gasteiger partial charge in [-0.05, 0) is 18.6 Å². The van der Waals surface area contributed by atoms with E-state index in [2.05, 4.69) is 31.4 Å². The van der Waals surface area contributed by atoms with Crippen molar-refractivity contribution in [3.63, 3.8) is 0 Å². The number of unbranched alkanes of at least 4 members (excludes halogenated alkanes) is 30. The Morgan fingerprint density at radius 3 is 0.838 bits per heavy atom. The Kier molecular flexibility index (Phi) is 36.7. The normalized spacial score (nSPS) is 11.5. The molecule has 0 atom stereocenters. The third kappa shape index (κ3) is 36.4. The van der Waals surface area contributed by atoms with Crippen molar-refractivity contribution in [3.05, 3.63) is 5.75 Å². The highest BCUT2D eigenvalue weighted by molar-refractivity contribution is 8.01. The SMILES string of the molecule is CCCCCCCCCCCCCCCCCCC[CH]SCCCCCCCCCCCCCCCC. The molecule has 1 heteroatoms. The number of rotatable bonds is 34. The second kappa shape index (κ2) is 36.4. The summed E-state index contributed by atoms with van der Waals surface area (Å²) in [5, 5.41) is 0. The van der Waals surface area contributed by atoms with E-state index in [1.807, 2.05) is 0 Å². The van der Waals surface area contributed by atoms with Gasteiger partial charge in [-0.15, -0.1) is 0 Å². The monoisotopic (exact) mass is 538 g/mol. The first kappa shape index (κ1) is 37.4. The Morgan fingerprint density at radius 2 is 0.541 bits per heavy atom. The lowest BCUT2D eigenvalue weighted by Gasteiger charge is -2.04. The van der Waals surface area contributed by atoms with Crippen molar-refractivity contribution in [1.82, 2.24) is 0 Å². The van der Waals surface area contributed by atoms with E-state index in [9.17, 15) is 0 Å². The molecule has 223 valence electrons. The Morgan fingerprint density at radius 1 is 0.297 bits per heavy atom. The second-order valence-electron chi connectivity index (χ2n) is 12.1. The third-order valence-electron chi connectivity index (χ3n) is 8.16. The van der Waals surface area contributed by atoms with Gasteiger partial charge in [-0.1, -0.05) is 206 Å². The highest BCUT2D eigenvalue weighted by atomic mass is 32.2. The van der Waals surface area contributed by atoms with Crippen LogP contribution in [0.3, 0.4) is 0 Å². The third-order valence-corrected chi connectivity index (χ3v) is 9.15. The first-order valence-electron chi connectivity index (χ1n) is 17.8. The molecule has 0 amide bonds. The van der Waals surface area contributed by atoms with E-state index in [1.54, 1.807) is 0 Å². The van der Waals surface area contributed by atoms with Crippen molar-refractivity contribution in [2.45, 2.75) is 219 Å². The largest absolute Gasteiger partial charge is 0.157 e. The molecule has 0 aromatic carbocycles. The van der Waals surface area contributed by atoms with E-state index in [-0.39, 0.29) is 0 Å². The zero-order valence-corrected chi connectivity index (χ0v) is 27.1. The Labute approximate surface area is 242 Å². The van der Waals surface area contributed by atoms with E-state index in [0.717, 1.165) is 0 Å². The summed E-state index contributed by atoms with van der Waals surface area (Å²) >= 11 is 2.10. The Hall–Kier alpha value is 0.350. The molecule has 0 unspecified atom stereocenters. The van der Waals surface area contributed by atoms with Crippen molar-refractivity contribution in [1.29, 1.82) is 0 Å². The van der Waals surface area contributed by atoms with Gasteiger partial charge in [0, 0.05) is 5.75 Å². The maximum absolute atomic E-state index is 2.51. The average molecular weight is 538 g/mol. The van der Waals surface area contributed by atoms with E-state index >= 15 is 0 Å². The summed E-state index contributed by atoms with van der Waals surface area (Å²) in [6, 6.07) is 0. The maximum Gasteiger partial charge on any atom is 0.0166 e. The maximum atomic E-state index is 2.51. The molecule has 0 saturated carbocycles. The molecule has 0 bridgehead atoms. The van der Waals surface area contributed by atoms with Crippen molar-refractivity contribution < 1.29 is 0 Å². The summed E-state index contributed by atoms with van der Waals surface area (Å²) < 4.78 is 0. The zero-order chi connectivity index (χ0) is 26.7. The van der Waals surface area contributed by atoms with Gasteiger partial charge in [0.05, 0.1) is 0 Å². The molecule has 0 heterocycles. The predicted octanol–water partition coefficient (Wildman–Crippen LogP) is 14.4. The van der Waals surface area contributed by atoms with Gasteiger partial charge < -0.3 is 0 Å². The molecule has 0 aliphatic heterocycles. The first-order chi connectivity index (χ1) is 18.4. The molecule has 0 spiro atoms. The van der Waals surface area contributed by atoms with Crippen LogP contribution in [0.25, 0.3) is 0 Å². The Balaban J connectivity index is 3.00. The average Bonchev–Trinajstić information content (AvgIpc) is 2.91. The standard InChI is InChI=1S/C36H73S/c1-3-5-7-9-11-13-15-17-19-20-21-22-24-26-28-30-32-34-36-37-35-33-31-29-27-25-23-18-16-14-12-10-8-6-4-2/h36H,3-35H2,1-2H3. The molecule has 0 rings (SSSR count). The summed E-state index contributed by atoms with van der Waals surface area (Å²) in [6.07, 6.45) is 46.8. The van der Waals surface area contributed by atoms with Gasteiger partial charge in [-0.3, -0.25) is 0 Å². The van der Waals surface area contributed by atoms with Crippen LogP contribution < -0.4 is 0 Å². The summed E-state index contributed by atoms with van der Waals surface area (Å²) in [6.45, 7) is 4.61. The van der Waals surface area contributed by atoms with Crippen LogP contribution in [0.5, 0.6) is 0 Å². The molecular weight excluding hydrogens is 464 g/mol. The van der Waals surface area contributed by atoms with E-state index in [0.29, 0.717) is 0 Å². The van der Waals surface area contributed by atoms with Crippen molar-refractivity contribution in [2.75, 3.05) is 5.75 Å². The van der Waals surface area contributed by atoms with Crippen LogP contribution in [0.1, 0.15) is 219 Å². The fourth-order valence-corrected chi connectivity index (χ4v) is 6.37. The molecule has 0 aromatic heterocycles. The molecule has 0 nitrogen and oxygen atoms in total. The van der Waals surface area contributed by atoms with Crippen LogP contribution in [0.4, 0.5) is 0 Å². The van der Waals surface area contributed by atoms with Gasteiger partial charge in [0.1, 0.15) is 0 Å². The minimum absolute atomic E-state index is 1.34. The molecule has 0 fully saturated rings. The van der Waals surface area contributed by atoms with E-state index < -0.39 is 0 Å². The molecule has 37 heavy (non-hydrogen) atoms. The minimum atomic E-state index is 1.34. The van der Waals surface area contributed by atoms with Crippen LogP contribution in [-0.2, 0) is 0 Å². The quantitative estimate of drug-likeness (QED) is 0.0735. The molecule has 0 N–H and O–H groups in total. The molecule has 0 saturated heterocycles. The lowest BCUT2D eigenvalue weighted by Crippen LogP contribution is -1.85. The van der Waals surface area contributed by atoms with E-state index in [4.69, 9.17) is 0 Å². The van der Waals surface area contributed by atoms with Crippen LogP contribution in [-0.4, -0.2) is 5.75 Å². The fourth-order valence-electron chi connectivity index (χ4n) is 5.50. The van der Waals surface area contributed by atoms with Crippen molar-refractivity contribution in [2.24, 2.45) is 0 Å². The van der Waals surface area contributed by atoms with Gasteiger partial charge in [0.2, 0.25) is 0 Å². The molecular formula is C36H73S. The molecule has 0 aromatic rings. The van der Waals surface area contributed by atoms with Gasteiger partial charge in [0.15, 0.2) is 0 Å². The molecule has 1 radical (unpaired) electrons. The lowest BCUT2D eigenvalue weighted by molar-refractivity contribution is 0.527. The summed E-state index contributed by atoms with van der Waals surface area (Å²) in [4.78, 5) is 0. The number of thioether (sulfide) groups is 1. The number of hydrogen-bond acceptors (Lipinski definition) is 1. The fraction of sp³-hybridized carbons (Fsp3) is 0.972. The lowest BCUT2D eigenvalue weighted by atomic mass is 10.0. The van der Waals surface area contributed by atoms with Gasteiger partial charge in [0.25, 0.3) is 0 Å². The summed E-state index contributed by atoms with van der Waals surface area (Å²) in [5.41, 5.74) is 0. The van der Waals surface area contributed by atoms with Crippen molar-refractivity contribution >= 4 is 11.8 Å². The predicted molar refractivity (Wildman–Crippen MR) is 176 cm³/mol. The first-order valence-corrected chi connectivity index (χ1v) is 18.9. The number of hydrogen-bond donors (Lipinski definition) is 0. The van der Waals surface area contributed by atoms with Gasteiger partial charge >= 0.3 is 0 Å². The highest BCUT2D eigenvalue weighted by Gasteiger charge is 1.97. The highest BCUT2D eigenvalue weighted by Crippen LogP contribution is 2.18. The summed E-state index contributed by atoms with van der Waals surface area (Å²) in [5.74, 6) is 3.87. The van der Waals surface area contributed by atoms with E-state index in [1.165, 1.54) is 211 Å². The van der Waals surface area contributed by atoms with Gasteiger partial charge in [-0.25, -0.2) is 0 Å². The Bertz CT molecular complexity index is 332. The molecule has 0 aliphatic carbocycles. The van der Waals surface area contributed by atoms with Crippen LogP contribution in [0, 0.1) is 5.75 Å².